The van der Waals surface area contributed by atoms with Crippen molar-refractivity contribution in [2.45, 2.75) is 13.5 Å². The first-order valence-electron chi connectivity index (χ1n) is 4.23. The molecule has 2 aromatic heterocycles. The molecule has 0 aliphatic rings. The molecule has 14 heavy (non-hydrogen) atoms. The highest BCUT2D eigenvalue weighted by molar-refractivity contribution is 7.19. The molecule has 2 rings (SSSR count). The van der Waals surface area contributed by atoms with Crippen LogP contribution in [0, 0.1) is 6.92 Å². The summed E-state index contributed by atoms with van der Waals surface area (Å²) in [5.74, 6) is 0. The number of rotatable bonds is 3. The van der Waals surface area contributed by atoms with Gasteiger partial charge in [-0.05, 0) is 23.9 Å². The van der Waals surface area contributed by atoms with E-state index in [1.54, 1.807) is 17.5 Å². The van der Waals surface area contributed by atoms with Crippen LogP contribution in [0.1, 0.15) is 10.4 Å². The molecular formula is C9H11N3S2. The van der Waals surface area contributed by atoms with E-state index in [2.05, 4.69) is 28.7 Å². The molecule has 74 valence electrons. The lowest BCUT2D eigenvalue weighted by Gasteiger charge is -1.98. The van der Waals surface area contributed by atoms with Crippen LogP contribution in [0.5, 0.6) is 0 Å². The Morgan fingerprint density at radius 3 is 3.00 bits per heavy atom. The lowest BCUT2D eigenvalue weighted by molar-refractivity contribution is 1.14. The number of nitrogens with two attached hydrogens (primary N) is 1. The number of thiazole rings is 1. The number of hydrogen-bond acceptors (Lipinski definition) is 5. The summed E-state index contributed by atoms with van der Waals surface area (Å²) in [4.78, 5) is 5.46. The minimum atomic E-state index is 0.744. The number of thiophene rings is 1. The van der Waals surface area contributed by atoms with E-state index in [0.29, 0.717) is 0 Å². The zero-order valence-electron chi connectivity index (χ0n) is 7.78. The average molecular weight is 225 g/mol. The highest BCUT2D eigenvalue weighted by Gasteiger charge is 1.99. The summed E-state index contributed by atoms with van der Waals surface area (Å²) in [6.07, 6.45) is 1.67. The second-order valence-corrected chi connectivity index (χ2v) is 5.16. The van der Waals surface area contributed by atoms with Gasteiger partial charge in [-0.3, -0.25) is 0 Å². The van der Waals surface area contributed by atoms with Crippen molar-refractivity contribution < 1.29 is 0 Å². The number of aromatic nitrogens is 1. The van der Waals surface area contributed by atoms with E-state index in [4.69, 9.17) is 5.73 Å². The third kappa shape index (κ3) is 2.24. The Kier molecular flexibility index (Phi) is 2.69. The molecule has 5 heteroatoms. The second-order valence-electron chi connectivity index (χ2n) is 2.99. The molecule has 0 fully saturated rings. The number of nitrogen functional groups attached to an aromatic ring is 1. The smallest absolute Gasteiger partial charge is 0.184 e. The molecule has 0 aliphatic carbocycles. The van der Waals surface area contributed by atoms with Crippen molar-refractivity contribution in [1.82, 2.24) is 4.98 Å². The fourth-order valence-corrected chi connectivity index (χ4v) is 2.42. The lowest BCUT2D eigenvalue weighted by Crippen LogP contribution is -1.96. The van der Waals surface area contributed by atoms with E-state index >= 15 is 0 Å². The lowest BCUT2D eigenvalue weighted by atomic mass is 10.3. The minimum absolute atomic E-state index is 0.744. The normalized spacial score (nSPS) is 10.4. The van der Waals surface area contributed by atoms with E-state index in [9.17, 15) is 0 Å². The number of anilines is 2. The first-order chi connectivity index (χ1) is 6.74. The summed E-state index contributed by atoms with van der Waals surface area (Å²) in [6.45, 7) is 2.92. The predicted molar refractivity (Wildman–Crippen MR) is 62.9 cm³/mol. The van der Waals surface area contributed by atoms with Crippen LogP contribution in [-0.2, 0) is 6.54 Å². The van der Waals surface area contributed by atoms with Crippen molar-refractivity contribution in [3.05, 3.63) is 28.1 Å². The molecule has 0 spiro atoms. The summed E-state index contributed by atoms with van der Waals surface area (Å²) in [6, 6.07) is 2.18. The highest BCUT2D eigenvalue weighted by Crippen LogP contribution is 2.21. The Morgan fingerprint density at radius 2 is 2.43 bits per heavy atom. The second kappa shape index (κ2) is 3.98. The highest BCUT2D eigenvalue weighted by atomic mass is 32.1. The van der Waals surface area contributed by atoms with Crippen molar-refractivity contribution in [2.24, 2.45) is 0 Å². The van der Waals surface area contributed by atoms with Crippen molar-refractivity contribution in [3.63, 3.8) is 0 Å². The molecule has 0 unspecified atom stereocenters. The van der Waals surface area contributed by atoms with Crippen LogP contribution in [-0.4, -0.2) is 4.98 Å². The van der Waals surface area contributed by atoms with Crippen LogP contribution in [0.2, 0.25) is 0 Å². The van der Waals surface area contributed by atoms with Gasteiger partial charge in [-0.25, -0.2) is 4.98 Å². The van der Waals surface area contributed by atoms with E-state index in [1.807, 2.05) is 0 Å². The van der Waals surface area contributed by atoms with E-state index in [1.165, 1.54) is 21.8 Å². The SMILES string of the molecule is Cc1cc(CNc2ncc(N)s2)cs1. The monoisotopic (exact) mass is 225 g/mol. The molecule has 3 nitrogen and oxygen atoms in total. The number of hydrogen-bond donors (Lipinski definition) is 2. The molecular weight excluding hydrogens is 214 g/mol. The standard InChI is InChI=1S/C9H11N3S2/c1-6-2-7(5-13-6)3-11-9-12-4-8(10)14-9/h2,4-5H,3,10H2,1H3,(H,11,12). The van der Waals surface area contributed by atoms with Crippen LogP contribution < -0.4 is 11.1 Å². The fourth-order valence-electron chi connectivity index (χ4n) is 1.14. The Balaban J connectivity index is 1.94. The maximum atomic E-state index is 5.57. The molecule has 0 saturated heterocycles. The van der Waals surface area contributed by atoms with Crippen LogP contribution in [0.15, 0.2) is 17.6 Å². The molecule has 0 bridgehead atoms. The van der Waals surface area contributed by atoms with Gasteiger partial charge in [0, 0.05) is 11.4 Å². The van der Waals surface area contributed by atoms with Gasteiger partial charge in [-0.15, -0.1) is 11.3 Å². The zero-order chi connectivity index (χ0) is 9.97. The van der Waals surface area contributed by atoms with Gasteiger partial charge in [0.15, 0.2) is 5.13 Å². The zero-order valence-corrected chi connectivity index (χ0v) is 9.41. The van der Waals surface area contributed by atoms with Gasteiger partial charge < -0.3 is 11.1 Å². The Hall–Kier alpha value is -1.07. The first-order valence-corrected chi connectivity index (χ1v) is 5.93. The van der Waals surface area contributed by atoms with Crippen molar-refractivity contribution in [3.8, 4) is 0 Å². The topological polar surface area (TPSA) is 50.9 Å². The van der Waals surface area contributed by atoms with Gasteiger partial charge in [0.05, 0.1) is 6.20 Å². The maximum Gasteiger partial charge on any atom is 0.184 e. The molecule has 2 aromatic rings. The van der Waals surface area contributed by atoms with E-state index in [-0.39, 0.29) is 0 Å². The molecule has 0 amide bonds. The number of nitrogens with zero attached hydrogens (tertiary/aromatic N) is 1. The van der Waals surface area contributed by atoms with E-state index < -0.39 is 0 Å². The molecule has 0 aliphatic heterocycles. The quantitative estimate of drug-likeness (QED) is 0.844. The van der Waals surface area contributed by atoms with Crippen LogP contribution in [0.4, 0.5) is 10.1 Å². The summed E-state index contributed by atoms with van der Waals surface area (Å²) < 4.78 is 0. The summed E-state index contributed by atoms with van der Waals surface area (Å²) in [5.41, 5.74) is 6.86. The van der Waals surface area contributed by atoms with Gasteiger partial charge in [-0.2, -0.15) is 0 Å². The Morgan fingerprint density at radius 1 is 1.57 bits per heavy atom. The fraction of sp³-hybridized carbons (Fsp3) is 0.222. The van der Waals surface area contributed by atoms with Crippen molar-refractivity contribution >= 4 is 32.8 Å². The number of nitrogens with one attached hydrogen (secondary N) is 1. The van der Waals surface area contributed by atoms with Gasteiger partial charge >= 0.3 is 0 Å². The molecule has 0 saturated carbocycles. The van der Waals surface area contributed by atoms with E-state index in [0.717, 1.165) is 16.7 Å². The van der Waals surface area contributed by atoms with Gasteiger partial charge in [-0.1, -0.05) is 11.3 Å². The van der Waals surface area contributed by atoms with Gasteiger partial charge in [0.1, 0.15) is 5.00 Å². The third-order valence-electron chi connectivity index (χ3n) is 1.75. The number of aryl methyl sites for hydroxylation is 1. The van der Waals surface area contributed by atoms with Crippen molar-refractivity contribution in [1.29, 1.82) is 0 Å². The average Bonchev–Trinajstić information content (AvgIpc) is 2.72. The van der Waals surface area contributed by atoms with Crippen LogP contribution >= 0.6 is 22.7 Å². The molecule has 2 heterocycles. The third-order valence-corrected chi connectivity index (χ3v) is 3.45. The maximum absolute atomic E-state index is 5.57. The molecule has 0 aromatic carbocycles. The minimum Gasteiger partial charge on any atom is -0.389 e. The van der Waals surface area contributed by atoms with Crippen molar-refractivity contribution in [2.75, 3.05) is 11.1 Å². The van der Waals surface area contributed by atoms with Crippen LogP contribution in [0.3, 0.4) is 0 Å². The summed E-state index contributed by atoms with van der Waals surface area (Å²) in [7, 11) is 0. The first kappa shape index (κ1) is 9.48. The summed E-state index contributed by atoms with van der Waals surface area (Å²) in [5, 5.41) is 7.01. The molecule has 3 N–H and O–H groups in total. The van der Waals surface area contributed by atoms with Crippen LogP contribution in [0.25, 0.3) is 0 Å². The molecule has 0 atom stereocenters. The predicted octanol–water partition coefficient (Wildman–Crippen LogP) is 2.71. The Bertz CT molecular complexity index is 379. The van der Waals surface area contributed by atoms with Gasteiger partial charge in [0.25, 0.3) is 0 Å². The molecule has 0 radical (unpaired) electrons. The summed E-state index contributed by atoms with van der Waals surface area (Å²) >= 11 is 3.24. The Labute approximate surface area is 90.6 Å². The van der Waals surface area contributed by atoms with Gasteiger partial charge in [0.2, 0.25) is 0 Å². The largest absolute Gasteiger partial charge is 0.389 e.